The lowest BCUT2D eigenvalue weighted by Crippen LogP contribution is -2.36. The molecule has 0 radical (unpaired) electrons. The van der Waals surface area contributed by atoms with Crippen molar-refractivity contribution in [3.8, 4) is 0 Å². The minimum absolute atomic E-state index is 0.00376. The number of amides is 2. The zero-order chi connectivity index (χ0) is 15.4. The van der Waals surface area contributed by atoms with Gasteiger partial charge >= 0.3 is 0 Å². The molecule has 2 amide bonds. The molecule has 0 saturated carbocycles. The van der Waals surface area contributed by atoms with Crippen molar-refractivity contribution < 1.29 is 9.59 Å². The molecule has 0 spiro atoms. The maximum atomic E-state index is 12.3. The Kier molecular flexibility index (Phi) is 5.30. The number of anilines is 1. The number of halogens is 1. The molecule has 0 unspecified atom stereocenters. The summed E-state index contributed by atoms with van der Waals surface area (Å²) in [4.78, 5) is 30.2. The van der Waals surface area contributed by atoms with Gasteiger partial charge in [0.25, 0.3) is 5.91 Å². The van der Waals surface area contributed by atoms with Gasteiger partial charge in [0.05, 0.1) is 0 Å². The largest absolute Gasteiger partial charge is 0.354 e. The fourth-order valence-electron chi connectivity index (χ4n) is 2.33. The van der Waals surface area contributed by atoms with E-state index in [0.29, 0.717) is 10.3 Å². The summed E-state index contributed by atoms with van der Waals surface area (Å²) < 4.78 is 0.516. The van der Waals surface area contributed by atoms with E-state index in [2.05, 4.69) is 43.5 Å². The zero-order valence-corrected chi connectivity index (χ0v) is 13.7. The Morgan fingerprint density at radius 3 is 2.62 bits per heavy atom. The lowest BCUT2D eigenvalue weighted by atomic mass is 9.96. The van der Waals surface area contributed by atoms with E-state index in [-0.39, 0.29) is 23.4 Å². The van der Waals surface area contributed by atoms with Gasteiger partial charge in [-0.25, -0.2) is 4.98 Å². The van der Waals surface area contributed by atoms with Crippen LogP contribution in [0, 0.1) is 5.92 Å². The third-order valence-electron chi connectivity index (χ3n) is 3.61. The van der Waals surface area contributed by atoms with Gasteiger partial charge in [0.2, 0.25) is 5.91 Å². The Balaban J connectivity index is 2.06. The number of nitrogens with one attached hydrogen (secondary N) is 2. The summed E-state index contributed by atoms with van der Waals surface area (Å²) in [6.07, 6.45) is 1.72. The Morgan fingerprint density at radius 2 is 2.00 bits per heavy atom. The number of hydrogen-bond donors (Lipinski definition) is 2. The van der Waals surface area contributed by atoms with Crippen molar-refractivity contribution in [3.63, 3.8) is 0 Å². The summed E-state index contributed by atoms with van der Waals surface area (Å²) in [7, 11) is 3.60. The molecular weight excluding hydrogens is 336 g/mol. The summed E-state index contributed by atoms with van der Waals surface area (Å²) >= 11 is 3.26. The second kappa shape index (κ2) is 7.00. The zero-order valence-electron chi connectivity index (χ0n) is 12.1. The second-order valence-corrected chi connectivity index (χ2v) is 6.02. The number of likely N-dealkylation sites (tertiary alicyclic amines) is 1. The van der Waals surface area contributed by atoms with E-state index in [1.54, 1.807) is 19.2 Å². The Labute approximate surface area is 132 Å². The molecule has 114 valence electrons. The molecule has 21 heavy (non-hydrogen) atoms. The number of hydrogen-bond acceptors (Lipinski definition) is 4. The summed E-state index contributed by atoms with van der Waals surface area (Å²) in [5.74, 6) is -0.258. The Morgan fingerprint density at radius 1 is 1.33 bits per heavy atom. The molecule has 1 aliphatic heterocycles. The average molecular weight is 355 g/mol. The number of pyridine rings is 1. The molecular formula is C14H19BrN4O2. The van der Waals surface area contributed by atoms with Crippen LogP contribution in [0.4, 0.5) is 5.69 Å². The van der Waals surface area contributed by atoms with Crippen molar-refractivity contribution >= 4 is 33.4 Å². The monoisotopic (exact) mass is 354 g/mol. The van der Waals surface area contributed by atoms with Gasteiger partial charge in [0.1, 0.15) is 10.3 Å². The predicted octanol–water partition coefficient (Wildman–Crippen LogP) is 1.48. The summed E-state index contributed by atoms with van der Waals surface area (Å²) in [6, 6.07) is 3.27. The number of carbonyl (C=O) groups excluding carboxylic acids is 2. The van der Waals surface area contributed by atoms with Gasteiger partial charge in [-0.2, -0.15) is 0 Å². The highest BCUT2D eigenvalue weighted by Crippen LogP contribution is 2.21. The van der Waals surface area contributed by atoms with Gasteiger partial charge < -0.3 is 15.5 Å². The summed E-state index contributed by atoms with van der Waals surface area (Å²) in [5.41, 5.74) is 0.852. The maximum Gasteiger partial charge on any atom is 0.269 e. The average Bonchev–Trinajstić information content (AvgIpc) is 2.46. The van der Waals surface area contributed by atoms with Crippen LogP contribution in [0.2, 0.25) is 0 Å². The number of aromatic nitrogens is 1. The van der Waals surface area contributed by atoms with Crippen LogP contribution < -0.4 is 10.6 Å². The molecule has 0 aromatic carbocycles. The number of piperidine rings is 1. The fraction of sp³-hybridized carbons (Fsp3) is 0.500. The van der Waals surface area contributed by atoms with E-state index < -0.39 is 0 Å². The highest BCUT2D eigenvalue weighted by atomic mass is 79.9. The highest BCUT2D eigenvalue weighted by molar-refractivity contribution is 9.10. The first-order chi connectivity index (χ1) is 9.99. The van der Waals surface area contributed by atoms with Crippen molar-refractivity contribution in [2.24, 2.45) is 5.92 Å². The lowest BCUT2D eigenvalue weighted by Gasteiger charge is -2.28. The standard InChI is InChI=1S/C14H19BrN4O2/c1-16-14(21)11-7-10(8-12(15)18-11)17-13(20)9-3-5-19(2)6-4-9/h7-9H,3-6H2,1-2H3,(H,16,21)(H,17,18,20). The first-order valence-electron chi connectivity index (χ1n) is 6.88. The smallest absolute Gasteiger partial charge is 0.269 e. The molecule has 0 aliphatic carbocycles. The third kappa shape index (κ3) is 4.25. The summed E-state index contributed by atoms with van der Waals surface area (Å²) in [5, 5.41) is 5.40. The minimum atomic E-state index is -0.286. The van der Waals surface area contributed by atoms with Crippen molar-refractivity contribution in [3.05, 3.63) is 22.4 Å². The normalized spacial score (nSPS) is 16.5. The molecule has 2 heterocycles. The van der Waals surface area contributed by atoms with E-state index in [4.69, 9.17) is 0 Å². The first-order valence-corrected chi connectivity index (χ1v) is 7.68. The molecule has 7 heteroatoms. The van der Waals surface area contributed by atoms with Gasteiger partial charge in [0, 0.05) is 18.7 Å². The maximum absolute atomic E-state index is 12.3. The van der Waals surface area contributed by atoms with Gasteiger partial charge in [0.15, 0.2) is 0 Å². The molecule has 0 atom stereocenters. The first kappa shape index (κ1) is 15.9. The summed E-state index contributed by atoms with van der Waals surface area (Å²) in [6.45, 7) is 1.86. The number of carbonyl (C=O) groups is 2. The van der Waals surface area contributed by atoms with Crippen molar-refractivity contribution in [2.75, 3.05) is 32.5 Å². The van der Waals surface area contributed by atoms with Gasteiger partial charge in [-0.1, -0.05) is 0 Å². The third-order valence-corrected chi connectivity index (χ3v) is 4.02. The van der Waals surface area contributed by atoms with E-state index in [0.717, 1.165) is 25.9 Å². The van der Waals surface area contributed by atoms with Crippen LogP contribution in [0.1, 0.15) is 23.3 Å². The predicted molar refractivity (Wildman–Crippen MR) is 84.2 cm³/mol. The van der Waals surface area contributed by atoms with Crippen LogP contribution in [0.3, 0.4) is 0 Å². The van der Waals surface area contributed by atoms with Gasteiger partial charge in [-0.05, 0) is 61.0 Å². The number of nitrogens with zero attached hydrogens (tertiary/aromatic N) is 2. The highest BCUT2D eigenvalue weighted by Gasteiger charge is 2.23. The van der Waals surface area contributed by atoms with Crippen molar-refractivity contribution in [1.82, 2.24) is 15.2 Å². The van der Waals surface area contributed by atoms with Crippen LogP contribution in [0.5, 0.6) is 0 Å². The quantitative estimate of drug-likeness (QED) is 0.806. The molecule has 1 aliphatic rings. The van der Waals surface area contributed by atoms with Gasteiger partial charge in [-0.15, -0.1) is 0 Å². The van der Waals surface area contributed by atoms with Crippen LogP contribution in [0.25, 0.3) is 0 Å². The molecule has 1 saturated heterocycles. The lowest BCUT2D eigenvalue weighted by molar-refractivity contribution is -0.121. The molecule has 2 N–H and O–H groups in total. The van der Waals surface area contributed by atoms with Crippen LogP contribution in [0.15, 0.2) is 16.7 Å². The Hall–Kier alpha value is -1.47. The van der Waals surface area contributed by atoms with E-state index in [9.17, 15) is 9.59 Å². The minimum Gasteiger partial charge on any atom is -0.354 e. The van der Waals surface area contributed by atoms with E-state index in [1.807, 2.05) is 0 Å². The van der Waals surface area contributed by atoms with Crippen LogP contribution in [-0.2, 0) is 4.79 Å². The van der Waals surface area contributed by atoms with Crippen molar-refractivity contribution in [1.29, 1.82) is 0 Å². The Bertz CT molecular complexity index is 542. The number of rotatable bonds is 3. The van der Waals surface area contributed by atoms with E-state index >= 15 is 0 Å². The molecule has 1 aromatic rings. The molecule has 6 nitrogen and oxygen atoms in total. The molecule has 1 fully saturated rings. The molecule has 2 rings (SSSR count). The van der Waals surface area contributed by atoms with Crippen LogP contribution >= 0.6 is 15.9 Å². The topological polar surface area (TPSA) is 74.3 Å². The fourth-order valence-corrected chi connectivity index (χ4v) is 2.77. The van der Waals surface area contributed by atoms with Crippen LogP contribution in [-0.4, -0.2) is 48.9 Å². The molecule has 0 bridgehead atoms. The second-order valence-electron chi connectivity index (χ2n) is 5.21. The van der Waals surface area contributed by atoms with Gasteiger partial charge in [-0.3, -0.25) is 9.59 Å². The molecule has 1 aromatic heterocycles. The SMILES string of the molecule is CNC(=O)c1cc(NC(=O)C2CCN(C)CC2)cc(Br)n1. The van der Waals surface area contributed by atoms with E-state index in [1.165, 1.54) is 0 Å². The van der Waals surface area contributed by atoms with Crippen molar-refractivity contribution in [2.45, 2.75) is 12.8 Å².